The van der Waals surface area contributed by atoms with Gasteiger partial charge in [0.15, 0.2) is 0 Å². The molecule has 0 aromatic heterocycles. The summed E-state index contributed by atoms with van der Waals surface area (Å²) in [5.74, 6) is 1.17. The summed E-state index contributed by atoms with van der Waals surface area (Å²) in [6.07, 6.45) is 11.6. The van der Waals surface area contributed by atoms with Crippen molar-refractivity contribution in [2.45, 2.75) is 76.9 Å². The van der Waals surface area contributed by atoms with Gasteiger partial charge in [0.25, 0.3) is 0 Å². The highest BCUT2D eigenvalue weighted by Crippen LogP contribution is 2.68. The zero-order valence-electron chi connectivity index (χ0n) is 16.5. The predicted molar refractivity (Wildman–Crippen MR) is 102 cm³/mol. The number of hydrogen-bond donors (Lipinski definition) is 2. The maximum atomic E-state index is 12.1. The number of aliphatic hydroxyl groups excluding tert-OH is 1. The van der Waals surface area contributed by atoms with E-state index in [-0.39, 0.29) is 22.9 Å². The Morgan fingerprint density at radius 1 is 1.11 bits per heavy atom. The lowest BCUT2D eigenvalue weighted by Crippen LogP contribution is -2.62. The average Bonchev–Trinajstić information content (AvgIpc) is 3.16. The molecule has 4 aliphatic carbocycles. The van der Waals surface area contributed by atoms with E-state index in [4.69, 9.17) is 4.74 Å². The largest absolute Gasteiger partial charge is 0.458 e. The summed E-state index contributed by atoms with van der Waals surface area (Å²) in [6.45, 7) is 4.99. The van der Waals surface area contributed by atoms with E-state index in [2.05, 4.69) is 19.9 Å². The zero-order chi connectivity index (χ0) is 19.0. The predicted octanol–water partition coefficient (Wildman–Crippen LogP) is 3.52. The minimum Gasteiger partial charge on any atom is -0.458 e. The molecule has 3 fully saturated rings. The van der Waals surface area contributed by atoms with Crippen molar-refractivity contribution in [2.75, 3.05) is 6.61 Å². The normalized spacial score (nSPS) is 51.6. The number of hydrogen-bond acceptors (Lipinski definition) is 4. The van der Waals surface area contributed by atoms with Gasteiger partial charge in [-0.2, -0.15) is 0 Å². The Hall–Kier alpha value is -1.13. The van der Waals surface area contributed by atoms with Crippen molar-refractivity contribution in [3.8, 4) is 0 Å². The van der Waals surface area contributed by atoms with Crippen molar-refractivity contribution < 1.29 is 19.7 Å². The van der Waals surface area contributed by atoms with Crippen LogP contribution in [0.25, 0.3) is 0 Å². The Labute approximate surface area is 161 Å². The Morgan fingerprint density at radius 2 is 1.93 bits per heavy atom. The average molecular weight is 373 g/mol. The maximum Gasteiger partial charge on any atom is 0.331 e. The number of aliphatic hydroxyl groups is 2. The Morgan fingerprint density at radius 3 is 2.67 bits per heavy atom. The van der Waals surface area contributed by atoms with Crippen molar-refractivity contribution >= 4 is 5.97 Å². The summed E-state index contributed by atoms with van der Waals surface area (Å²) in [6, 6.07) is 0. The van der Waals surface area contributed by atoms with Crippen LogP contribution in [-0.4, -0.2) is 34.5 Å². The number of carbonyl (C=O) groups is 1. The smallest absolute Gasteiger partial charge is 0.331 e. The molecule has 3 saturated carbocycles. The maximum absolute atomic E-state index is 12.1. The topological polar surface area (TPSA) is 66.8 Å². The first-order valence-corrected chi connectivity index (χ1v) is 10.8. The fourth-order valence-electron chi connectivity index (χ4n) is 7.79. The first-order chi connectivity index (χ1) is 12.8. The molecule has 0 radical (unpaired) electrons. The molecule has 27 heavy (non-hydrogen) atoms. The number of fused-ring (bicyclic) bond motifs is 5. The Balaban J connectivity index is 1.48. The van der Waals surface area contributed by atoms with Gasteiger partial charge >= 0.3 is 5.97 Å². The van der Waals surface area contributed by atoms with E-state index in [1.807, 2.05) is 0 Å². The van der Waals surface area contributed by atoms with Crippen LogP contribution < -0.4 is 0 Å². The lowest BCUT2D eigenvalue weighted by Gasteiger charge is -2.63. The summed E-state index contributed by atoms with van der Waals surface area (Å²) in [5, 5.41) is 22.2. The van der Waals surface area contributed by atoms with E-state index in [1.165, 1.54) is 0 Å². The van der Waals surface area contributed by atoms with Crippen LogP contribution in [0.1, 0.15) is 65.2 Å². The standard InChI is InChI=1S/C23H32O4/c1-21-8-5-16(24)12-15(21)3-4-19-18(21)6-9-22(2)17(7-10-23(19,22)26)14-11-20(25)27-13-14/h7,11,15-16,18-19,24,26H,3-6,8-10,12-13H2,1-2H3. The van der Waals surface area contributed by atoms with E-state index in [1.54, 1.807) is 6.08 Å². The SMILES string of the molecule is CC12CCC(O)CC1CCC1C2CCC2(C)C(C3=CC(=O)OC3)=CCC12O. The lowest BCUT2D eigenvalue weighted by molar-refractivity contribution is -0.197. The fraction of sp³-hybridized carbons (Fsp3) is 0.783. The third-order valence-electron chi connectivity index (χ3n) is 9.41. The third-order valence-corrected chi connectivity index (χ3v) is 9.41. The van der Waals surface area contributed by atoms with E-state index >= 15 is 0 Å². The number of rotatable bonds is 1. The van der Waals surface area contributed by atoms with E-state index < -0.39 is 5.60 Å². The molecular formula is C23H32O4. The highest BCUT2D eigenvalue weighted by atomic mass is 16.5. The molecule has 7 unspecified atom stereocenters. The van der Waals surface area contributed by atoms with Gasteiger partial charge in [0.2, 0.25) is 0 Å². The second-order valence-electron chi connectivity index (χ2n) is 10.3. The van der Waals surface area contributed by atoms with Crippen LogP contribution in [0.2, 0.25) is 0 Å². The molecular weight excluding hydrogens is 340 g/mol. The van der Waals surface area contributed by atoms with Crippen LogP contribution in [0.3, 0.4) is 0 Å². The Kier molecular flexibility index (Phi) is 3.78. The second-order valence-corrected chi connectivity index (χ2v) is 10.3. The summed E-state index contributed by atoms with van der Waals surface area (Å²) < 4.78 is 5.16. The molecule has 0 aromatic rings. The first-order valence-electron chi connectivity index (χ1n) is 10.8. The van der Waals surface area contributed by atoms with E-state index in [9.17, 15) is 15.0 Å². The molecule has 0 bridgehead atoms. The van der Waals surface area contributed by atoms with Gasteiger partial charge in [-0.15, -0.1) is 0 Å². The van der Waals surface area contributed by atoms with Gasteiger partial charge in [-0.1, -0.05) is 19.9 Å². The zero-order valence-corrected chi connectivity index (χ0v) is 16.5. The molecule has 4 heteroatoms. The van der Waals surface area contributed by atoms with Crippen LogP contribution in [0.4, 0.5) is 0 Å². The molecule has 0 spiro atoms. The Bertz CT molecular complexity index is 739. The fourth-order valence-corrected chi connectivity index (χ4v) is 7.79. The van der Waals surface area contributed by atoms with Crippen molar-refractivity contribution in [3.63, 3.8) is 0 Å². The second kappa shape index (κ2) is 5.70. The van der Waals surface area contributed by atoms with Crippen LogP contribution in [0.15, 0.2) is 23.3 Å². The van der Waals surface area contributed by atoms with Crippen molar-refractivity contribution in [1.29, 1.82) is 0 Å². The third kappa shape index (κ3) is 2.26. The van der Waals surface area contributed by atoms with Crippen molar-refractivity contribution in [1.82, 2.24) is 0 Å². The van der Waals surface area contributed by atoms with Gasteiger partial charge in [-0.25, -0.2) is 4.79 Å². The minimum absolute atomic E-state index is 0.136. The highest BCUT2D eigenvalue weighted by Gasteiger charge is 2.65. The molecule has 0 saturated heterocycles. The molecule has 1 heterocycles. The molecule has 0 aromatic carbocycles. The molecule has 7 atom stereocenters. The summed E-state index contributed by atoms with van der Waals surface area (Å²) in [5.41, 5.74) is 1.36. The summed E-state index contributed by atoms with van der Waals surface area (Å²) in [4.78, 5) is 11.6. The lowest BCUT2D eigenvalue weighted by atomic mass is 9.43. The number of ether oxygens (including phenoxy) is 1. The van der Waals surface area contributed by atoms with Gasteiger partial charge < -0.3 is 14.9 Å². The van der Waals surface area contributed by atoms with Gasteiger partial charge in [0, 0.05) is 17.1 Å². The van der Waals surface area contributed by atoms with Crippen LogP contribution in [0, 0.1) is 28.6 Å². The number of cyclic esters (lactones) is 1. The van der Waals surface area contributed by atoms with E-state index in [0.717, 1.165) is 56.1 Å². The summed E-state index contributed by atoms with van der Waals surface area (Å²) in [7, 11) is 0. The van der Waals surface area contributed by atoms with Crippen molar-refractivity contribution in [2.24, 2.45) is 28.6 Å². The molecule has 148 valence electrons. The molecule has 4 nitrogen and oxygen atoms in total. The van der Waals surface area contributed by atoms with Crippen molar-refractivity contribution in [3.05, 3.63) is 23.3 Å². The van der Waals surface area contributed by atoms with Gasteiger partial charge in [-0.05, 0) is 80.1 Å². The van der Waals surface area contributed by atoms with Crippen LogP contribution >= 0.6 is 0 Å². The van der Waals surface area contributed by atoms with Crippen LogP contribution in [-0.2, 0) is 9.53 Å². The highest BCUT2D eigenvalue weighted by molar-refractivity contribution is 5.86. The monoisotopic (exact) mass is 372 g/mol. The quantitative estimate of drug-likeness (QED) is 0.691. The first kappa shape index (κ1) is 17.9. The van der Waals surface area contributed by atoms with Crippen LogP contribution in [0.5, 0.6) is 0 Å². The molecule has 1 aliphatic heterocycles. The summed E-state index contributed by atoms with van der Waals surface area (Å²) >= 11 is 0. The number of esters is 1. The molecule has 5 rings (SSSR count). The van der Waals surface area contributed by atoms with Gasteiger partial charge in [0.1, 0.15) is 6.61 Å². The number of carbonyl (C=O) groups excluding carboxylic acids is 1. The molecule has 2 N–H and O–H groups in total. The van der Waals surface area contributed by atoms with E-state index in [0.29, 0.717) is 30.8 Å². The minimum atomic E-state index is -0.720. The molecule has 0 amide bonds. The van der Waals surface area contributed by atoms with Gasteiger partial charge in [-0.3, -0.25) is 0 Å². The molecule has 5 aliphatic rings. The van der Waals surface area contributed by atoms with Gasteiger partial charge in [0.05, 0.1) is 11.7 Å².